The number of benzene rings is 2. The number of nitrogens with one attached hydrogen (secondary N) is 2. The van der Waals surface area contributed by atoms with Gasteiger partial charge in [0.15, 0.2) is 0 Å². The third kappa shape index (κ3) is 5.62. The van der Waals surface area contributed by atoms with Gasteiger partial charge in [-0.2, -0.15) is 0 Å². The number of aliphatic hydroxyl groups excluding tert-OH is 2. The van der Waals surface area contributed by atoms with Crippen LogP contribution >= 0.6 is 0 Å². The predicted molar refractivity (Wildman–Crippen MR) is 112 cm³/mol. The maximum Gasteiger partial charge on any atom is 0.270 e. The lowest BCUT2D eigenvalue weighted by molar-refractivity contribution is -0.384. The molecule has 4 rings (SSSR count). The van der Waals surface area contributed by atoms with E-state index in [1.54, 1.807) is 18.2 Å². The maximum absolute atomic E-state index is 12.2. The number of nitrogens with zero attached hydrogens (tertiary/aromatic N) is 2. The number of amides is 1. The Labute approximate surface area is 172 Å². The summed E-state index contributed by atoms with van der Waals surface area (Å²) in [5, 5.41) is 31.3. The van der Waals surface area contributed by atoms with Crippen LogP contribution in [0.5, 0.6) is 0 Å². The van der Waals surface area contributed by atoms with E-state index >= 15 is 0 Å². The molecule has 1 fully saturated rings. The molecule has 158 valence electrons. The van der Waals surface area contributed by atoms with Crippen molar-refractivity contribution < 1.29 is 19.9 Å². The average Bonchev–Trinajstić information content (AvgIpc) is 3.16. The van der Waals surface area contributed by atoms with Crippen LogP contribution in [0.3, 0.4) is 0 Å². The van der Waals surface area contributed by atoms with Crippen molar-refractivity contribution in [2.24, 2.45) is 0 Å². The molecule has 0 bridgehead atoms. The number of non-ortho nitro benzene ring substituents is 1. The van der Waals surface area contributed by atoms with E-state index in [4.69, 9.17) is 10.2 Å². The van der Waals surface area contributed by atoms with Crippen LogP contribution in [0.15, 0.2) is 42.5 Å². The summed E-state index contributed by atoms with van der Waals surface area (Å²) in [7, 11) is 0. The van der Waals surface area contributed by atoms with Gasteiger partial charge in [-0.05, 0) is 36.6 Å². The maximum atomic E-state index is 12.2. The van der Waals surface area contributed by atoms with E-state index in [2.05, 4.69) is 15.3 Å². The first-order chi connectivity index (χ1) is 14.5. The Morgan fingerprint density at radius 2 is 1.97 bits per heavy atom. The van der Waals surface area contributed by atoms with Gasteiger partial charge in [-0.25, -0.2) is 4.98 Å². The molecule has 1 aliphatic rings. The van der Waals surface area contributed by atoms with Crippen LogP contribution in [0.25, 0.3) is 11.0 Å². The number of carbonyl (C=O) groups is 1. The summed E-state index contributed by atoms with van der Waals surface area (Å²) in [4.78, 5) is 29.5. The Morgan fingerprint density at radius 1 is 1.20 bits per heavy atom. The van der Waals surface area contributed by atoms with E-state index in [1.165, 1.54) is 43.5 Å². The Bertz CT molecular complexity index is 1030. The van der Waals surface area contributed by atoms with Gasteiger partial charge in [-0.15, -0.1) is 0 Å². The Morgan fingerprint density at radius 3 is 2.60 bits per heavy atom. The minimum absolute atomic E-state index is 0.0359. The normalized spacial score (nSPS) is 14.1. The molecule has 0 aliphatic heterocycles. The van der Waals surface area contributed by atoms with Crippen molar-refractivity contribution in [2.45, 2.75) is 44.8 Å². The van der Waals surface area contributed by atoms with Gasteiger partial charge < -0.3 is 15.2 Å². The second-order valence-electron chi connectivity index (χ2n) is 7.15. The minimum atomic E-state index is -0.561. The van der Waals surface area contributed by atoms with Gasteiger partial charge in [-0.1, -0.05) is 31.4 Å². The molecule has 2 aromatic carbocycles. The second kappa shape index (κ2) is 9.95. The molecule has 4 N–H and O–H groups in total. The number of H-pyrrole nitrogens is 1. The van der Waals surface area contributed by atoms with Crippen LogP contribution < -0.4 is 5.32 Å². The van der Waals surface area contributed by atoms with Crippen LogP contribution in [-0.2, 0) is 6.61 Å². The zero-order valence-electron chi connectivity index (χ0n) is 16.4. The fourth-order valence-electron chi connectivity index (χ4n) is 3.24. The molecule has 9 heteroatoms. The lowest BCUT2D eigenvalue weighted by Crippen LogP contribution is -2.13. The summed E-state index contributed by atoms with van der Waals surface area (Å²) in [6.07, 6.45) is 5.92. The average molecular weight is 412 g/mol. The van der Waals surface area contributed by atoms with Crippen LogP contribution in [0.4, 0.5) is 11.6 Å². The number of aliphatic hydroxyl groups is 2. The third-order valence-electron chi connectivity index (χ3n) is 4.85. The number of imidazole rings is 1. The van der Waals surface area contributed by atoms with Gasteiger partial charge in [0, 0.05) is 17.7 Å². The van der Waals surface area contributed by atoms with Gasteiger partial charge in [-0.3, -0.25) is 20.2 Å². The smallest absolute Gasteiger partial charge is 0.270 e. The van der Waals surface area contributed by atoms with Crippen LogP contribution in [0.2, 0.25) is 0 Å². The predicted octanol–water partition coefficient (Wildman–Crippen LogP) is 3.53. The van der Waals surface area contributed by atoms with Crippen LogP contribution in [-0.4, -0.2) is 37.1 Å². The molecule has 1 heterocycles. The van der Waals surface area contributed by atoms with E-state index in [1.807, 2.05) is 0 Å². The van der Waals surface area contributed by atoms with E-state index < -0.39 is 10.8 Å². The molecular weight excluding hydrogens is 388 g/mol. The fourth-order valence-corrected chi connectivity index (χ4v) is 3.24. The Hall–Kier alpha value is -3.30. The summed E-state index contributed by atoms with van der Waals surface area (Å²) in [5.74, 6) is -0.276. The van der Waals surface area contributed by atoms with Crippen molar-refractivity contribution >= 4 is 28.6 Å². The van der Waals surface area contributed by atoms with Crippen molar-refractivity contribution in [1.29, 1.82) is 0 Å². The summed E-state index contributed by atoms with van der Waals surface area (Å²) < 4.78 is 0. The molecule has 0 radical (unpaired) electrons. The largest absolute Gasteiger partial charge is 0.393 e. The zero-order chi connectivity index (χ0) is 21.5. The number of hydrogen-bond donors (Lipinski definition) is 4. The topological polar surface area (TPSA) is 141 Å². The van der Waals surface area contributed by atoms with Gasteiger partial charge in [0.25, 0.3) is 11.6 Å². The van der Waals surface area contributed by atoms with Crippen molar-refractivity contribution in [3.05, 3.63) is 63.7 Å². The number of nitro groups is 1. The summed E-state index contributed by atoms with van der Waals surface area (Å²) in [6.45, 7) is -0.0929. The number of aromatic amines is 1. The van der Waals surface area contributed by atoms with E-state index in [9.17, 15) is 14.9 Å². The Balaban J connectivity index is 0.000000310. The number of anilines is 1. The number of fused-ring (bicyclic) bond motifs is 1. The highest BCUT2D eigenvalue weighted by Crippen LogP contribution is 2.18. The molecule has 1 saturated carbocycles. The summed E-state index contributed by atoms with van der Waals surface area (Å²) in [6, 6.07) is 10.6. The number of nitro benzene ring substituents is 1. The van der Waals surface area contributed by atoms with Crippen molar-refractivity contribution in [2.75, 3.05) is 5.32 Å². The van der Waals surface area contributed by atoms with Gasteiger partial charge in [0.05, 0.1) is 28.7 Å². The molecule has 9 nitrogen and oxygen atoms in total. The highest BCUT2D eigenvalue weighted by Gasteiger charge is 2.13. The standard InChI is InChI=1S/C15H12N4O4.C6H12O/c20-8-9-4-5-12-13(6-9)17-15(16-12)18-14(21)10-2-1-3-11(7-10)19(22)23;7-6-4-2-1-3-5-6/h1-7,20H,8H2,(H2,16,17,18,21);6-7H,1-5H2. The fraction of sp³-hybridized carbons (Fsp3) is 0.333. The third-order valence-corrected chi connectivity index (χ3v) is 4.85. The van der Waals surface area contributed by atoms with E-state index in [0.717, 1.165) is 18.4 Å². The van der Waals surface area contributed by atoms with Crippen LogP contribution in [0, 0.1) is 10.1 Å². The summed E-state index contributed by atoms with van der Waals surface area (Å²) in [5.41, 5.74) is 2.03. The number of rotatable bonds is 4. The molecule has 0 unspecified atom stereocenters. The molecule has 3 aromatic rings. The zero-order valence-corrected chi connectivity index (χ0v) is 16.4. The molecule has 30 heavy (non-hydrogen) atoms. The van der Waals surface area contributed by atoms with Crippen LogP contribution in [0.1, 0.15) is 48.0 Å². The SMILES string of the molecule is O=C(Nc1nc2ccc(CO)cc2[nH]1)c1cccc([N+](=O)[O-])c1.OC1CCCCC1. The van der Waals surface area contributed by atoms with Gasteiger partial charge >= 0.3 is 0 Å². The van der Waals surface area contributed by atoms with E-state index in [0.29, 0.717) is 11.0 Å². The number of carbonyl (C=O) groups excluding carboxylic acids is 1. The first kappa shape index (κ1) is 21.4. The molecular formula is C21H24N4O5. The molecule has 1 aliphatic carbocycles. The van der Waals surface area contributed by atoms with Gasteiger partial charge in [0.1, 0.15) is 0 Å². The Kier molecular flexibility index (Phi) is 7.10. The highest BCUT2D eigenvalue weighted by molar-refractivity contribution is 6.04. The molecule has 0 saturated heterocycles. The van der Waals surface area contributed by atoms with Crippen molar-refractivity contribution in [1.82, 2.24) is 9.97 Å². The summed E-state index contributed by atoms with van der Waals surface area (Å²) >= 11 is 0. The highest BCUT2D eigenvalue weighted by atomic mass is 16.6. The lowest BCUT2D eigenvalue weighted by atomic mass is 9.98. The lowest BCUT2D eigenvalue weighted by Gasteiger charge is -2.14. The molecule has 0 atom stereocenters. The van der Waals surface area contributed by atoms with Crippen molar-refractivity contribution in [3.8, 4) is 0 Å². The first-order valence-corrected chi connectivity index (χ1v) is 9.79. The number of aromatic nitrogens is 2. The molecule has 1 aromatic heterocycles. The van der Waals surface area contributed by atoms with Crippen molar-refractivity contribution in [3.63, 3.8) is 0 Å². The quantitative estimate of drug-likeness (QED) is 0.381. The first-order valence-electron chi connectivity index (χ1n) is 9.79. The minimum Gasteiger partial charge on any atom is -0.393 e. The molecule has 1 amide bonds. The van der Waals surface area contributed by atoms with E-state index in [-0.39, 0.29) is 29.9 Å². The second-order valence-corrected chi connectivity index (χ2v) is 7.15. The monoisotopic (exact) mass is 412 g/mol. The number of hydrogen-bond acceptors (Lipinski definition) is 6. The molecule has 0 spiro atoms. The van der Waals surface area contributed by atoms with Gasteiger partial charge in [0.2, 0.25) is 5.95 Å².